The van der Waals surface area contributed by atoms with Crippen molar-refractivity contribution in [1.29, 1.82) is 0 Å². The van der Waals surface area contributed by atoms with Gasteiger partial charge in [0.15, 0.2) is 0 Å². The van der Waals surface area contributed by atoms with Crippen molar-refractivity contribution in [1.82, 2.24) is 9.99 Å². The summed E-state index contributed by atoms with van der Waals surface area (Å²) in [5, 5.41) is 2.91. The van der Waals surface area contributed by atoms with E-state index in [0.29, 0.717) is 11.4 Å². The van der Waals surface area contributed by atoms with Crippen molar-refractivity contribution in [3.8, 4) is 0 Å². The largest absolute Gasteiger partial charge is 0.416 e. The van der Waals surface area contributed by atoms with E-state index in [1.165, 1.54) is 16.1 Å². The number of rotatable bonds is 2. The number of anilines is 1. The standard InChI is InChI=1S/C15H12F3N3O/c1-20(13-4-2-3-7-19-13)21-9-10-8-11(15(16,17)18)5-6-12(10)14(21)22/h2-8H,9H2,1H3. The number of fused-ring (bicyclic) bond motifs is 1. The van der Waals surface area contributed by atoms with Crippen LogP contribution in [0.15, 0.2) is 42.6 Å². The van der Waals surface area contributed by atoms with Gasteiger partial charge >= 0.3 is 6.18 Å². The van der Waals surface area contributed by atoms with Gasteiger partial charge in [0.25, 0.3) is 5.91 Å². The van der Waals surface area contributed by atoms with Crippen LogP contribution in [0.5, 0.6) is 0 Å². The minimum Gasteiger partial charge on any atom is -0.268 e. The molecule has 1 amide bonds. The lowest BCUT2D eigenvalue weighted by Gasteiger charge is -2.28. The fourth-order valence-corrected chi connectivity index (χ4v) is 2.39. The molecule has 1 aromatic carbocycles. The zero-order chi connectivity index (χ0) is 15.9. The molecule has 1 aliphatic heterocycles. The lowest BCUT2D eigenvalue weighted by atomic mass is 10.1. The van der Waals surface area contributed by atoms with E-state index in [2.05, 4.69) is 4.98 Å². The molecule has 0 saturated heterocycles. The average Bonchev–Trinajstić information content (AvgIpc) is 2.83. The Morgan fingerprint density at radius 3 is 2.64 bits per heavy atom. The van der Waals surface area contributed by atoms with E-state index < -0.39 is 11.7 Å². The number of alkyl halides is 3. The number of pyridine rings is 1. The summed E-state index contributed by atoms with van der Waals surface area (Å²) in [5.41, 5.74) is -0.0974. The normalized spacial score (nSPS) is 14.2. The van der Waals surface area contributed by atoms with Gasteiger partial charge in [0, 0.05) is 18.8 Å². The third-order valence-corrected chi connectivity index (χ3v) is 3.56. The number of amides is 1. The molecule has 0 radical (unpaired) electrons. The highest BCUT2D eigenvalue weighted by atomic mass is 19.4. The molecule has 0 bridgehead atoms. The average molecular weight is 307 g/mol. The molecule has 22 heavy (non-hydrogen) atoms. The van der Waals surface area contributed by atoms with Crippen LogP contribution in [0.3, 0.4) is 0 Å². The molecule has 2 heterocycles. The van der Waals surface area contributed by atoms with Crippen LogP contribution in [0.4, 0.5) is 19.0 Å². The topological polar surface area (TPSA) is 36.4 Å². The Morgan fingerprint density at radius 2 is 2.00 bits per heavy atom. The number of nitrogens with zero attached hydrogens (tertiary/aromatic N) is 3. The number of hydrogen-bond acceptors (Lipinski definition) is 3. The molecule has 0 N–H and O–H groups in total. The second-order valence-electron chi connectivity index (χ2n) is 4.94. The summed E-state index contributed by atoms with van der Waals surface area (Å²) in [7, 11) is 1.65. The van der Waals surface area contributed by atoms with Crippen molar-refractivity contribution < 1.29 is 18.0 Å². The maximum Gasteiger partial charge on any atom is 0.416 e. The van der Waals surface area contributed by atoms with Crippen molar-refractivity contribution in [3.05, 3.63) is 59.3 Å². The molecule has 2 aromatic rings. The van der Waals surface area contributed by atoms with Crippen LogP contribution >= 0.6 is 0 Å². The van der Waals surface area contributed by atoms with Crippen molar-refractivity contribution in [2.24, 2.45) is 0 Å². The summed E-state index contributed by atoms with van der Waals surface area (Å²) in [5.74, 6) is 0.205. The summed E-state index contributed by atoms with van der Waals surface area (Å²) in [4.78, 5) is 16.5. The molecule has 0 atom stereocenters. The number of hydrazine groups is 1. The molecule has 1 aliphatic rings. The zero-order valence-electron chi connectivity index (χ0n) is 11.6. The van der Waals surface area contributed by atoms with E-state index in [0.717, 1.165) is 12.1 Å². The summed E-state index contributed by atoms with van der Waals surface area (Å²) >= 11 is 0. The molecule has 0 aliphatic carbocycles. The number of carbonyl (C=O) groups excluding carboxylic acids is 1. The predicted octanol–water partition coefficient (Wildman–Crippen LogP) is 3.11. The van der Waals surface area contributed by atoms with Gasteiger partial charge in [0.1, 0.15) is 5.82 Å². The highest BCUT2D eigenvalue weighted by Crippen LogP contribution is 2.33. The number of carbonyl (C=O) groups is 1. The smallest absolute Gasteiger partial charge is 0.268 e. The van der Waals surface area contributed by atoms with Crippen molar-refractivity contribution in [2.45, 2.75) is 12.7 Å². The molecule has 114 valence electrons. The summed E-state index contributed by atoms with van der Waals surface area (Å²) in [6, 6.07) is 8.42. The van der Waals surface area contributed by atoms with Gasteiger partial charge in [-0.15, -0.1) is 0 Å². The van der Waals surface area contributed by atoms with Gasteiger partial charge in [0.05, 0.1) is 12.1 Å². The second-order valence-corrected chi connectivity index (χ2v) is 4.94. The van der Waals surface area contributed by atoms with E-state index in [1.807, 2.05) is 0 Å². The van der Waals surface area contributed by atoms with E-state index in [-0.39, 0.29) is 18.0 Å². The Hall–Kier alpha value is -2.57. The highest BCUT2D eigenvalue weighted by Gasteiger charge is 2.35. The molecule has 0 fully saturated rings. The molecule has 7 heteroatoms. The SMILES string of the molecule is CN(c1ccccn1)N1Cc2cc(C(F)(F)F)ccc2C1=O. The van der Waals surface area contributed by atoms with Gasteiger partial charge in [-0.25, -0.2) is 9.99 Å². The monoisotopic (exact) mass is 307 g/mol. The Balaban J connectivity index is 1.91. The molecular weight excluding hydrogens is 295 g/mol. The fraction of sp³-hybridized carbons (Fsp3) is 0.200. The Labute approximate surface area is 124 Å². The van der Waals surface area contributed by atoms with E-state index in [1.54, 1.807) is 31.4 Å². The lowest BCUT2D eigenvalue weighted by molar-refractivity contribution is -0.137. The van der Waals surface area contributed by atoms with Crippen LogP contribution in [0.2, 0.25) is 0 Å². The van der Waals surface area contributed by atoms with Crippen LogP contribution in [0, 0.1) is 0 Å². The van der Waals surface area contributed by atoms with Crippen LogP contribution < -0.4 is 5.01 Å². The zero-order valence-corrected chi connectivity index (χ0v) is 11.6. The first-order valence-corrected chi connectivity index (χ1v) is 6.54. The third kappa shape index (κ3) is 2.38. The lowest BCUT2D eigenvalue weighted by Crippen LogP contribution is -2.40. The minimum atomic E-state index is -4.42. The Bertz CT molecular complexity index is 716. The van der Waals surface area contributed by atoms with Crippen LogP contribution in [0.25, 0.3) is 0 Å². The number of aromatic nitrogens is 1. The van der Waals surface area contributed by atoms with Gasteiger partial charge in [-0.3, -0.25) is 9.80 Å². The Kier molecular flexibility index (Phi) is 3.27. The van der Waals surface area contributed by atoms with Crippen LogP contribution in [-0.2, 0) is 12.7 Å². The van der Waals surface area contributed by atoms with Gasteiger partial charge < -0.3 is 0 Å². The maximum atomic E-state index is 12.8. The van der Waals surface area contributed by atoms with Gasteiger partial charge in [0.2, 0.25) is 0 Å². The summed E-state index contributed by atoms with van der Waals surface area (Å²) in [6.45, 7) is 0.0885. The van der Waals surface area contributed by atoms with Crippen molar-refractivity contribution in [2.75, 3.05) is 12.1 Å². The molecule has 1 aromatic heterocycles. The fourth-order valence-electron chi connectivity index (χ4n) is 2.39. The number of halogens is 3. The quantitative estimate of drug-likeness (QED) is 0.855. The summed E-state index contributed by atoms with van der Waals surface area (Å²) in [6.07, 6.45) is -2.83. The molecule has 4 nitrogen and oxygen atoms in total. The molecule has 0 unspecified atom stereocenters. The first kappa shape index (κ1) is 14.4. The molecule has 0 spiro atoms. The first-order valence-electron chi connectivity index (χ1n) is 6.54. The minimum absolute atomic E-state index is 0.0885. The van der Waals surface area contributed by atoms with Gasteiger partial charge in [-0.05, 0) is 35.9 Å². The van der Waals surface area contributed by atoms with Crippen molar-refractivity contribution in [3.63, 3.8) is 0 Å². The van der Waals surface area contributed by atoms with E-state index in [9.17, 15) is 18.0 Å². The first-order chi connectivity index (χ1) is 10.4. The van der Waals surface area contributed by atoms with E-state index >= 15 is 0 Å². The second kappa shape index (κ2) is 5.01. The van der Waals surface area contributed by atoms with Crippen molar-refractivity contribution >= 4 is 11.7 Å². The maximum absolute atomic E-state index is 12.8. The third-order valence-electron chi connectivity index (χ3n) is 3.56. The van der Waals surface area contributed by atoms with Gasteiger partial charge in [-0.2, -0.15) is 13.2 Å². The highest BCUT2D eigenvalue weighted by molar-refractivity contribution is 5.99. The summed E-state index contributed by atoms with van der Waals surface area (Å²) < 4.78 is 38.3. The molecular formula is C15H12F3N3O. The number of hydrogen-bond donors (Lipinski definition) is 0. The predicted molar refractivity (Wildman–Crippen MR) is 74.0 cm³/mol. The Morgan fingerprint density at radius 1 is 1.23 bits per heavy atom. The van der Waals surface area contributed by atoms with Crippen LogP contribution in [0.1, 0.15) is 21.5 Å². The van der Waals surface area contributed by atoms with E-state index in [4.69, 9.17) is 0 Å². The molecule has 0 saturated carbocycles. The van der Waals surface area contributed by atoms with Gasteiger partial charge in [-0.1, -0.05) is 6.07 Å². The molecule has 3 rings (SSSR count). The number of benzene rings is 1. The van der Waals surface area contributed by atoms with Crippen LogP contribution in [-0.4, -0.2) is 22.9 Å².